The van der Waals surface area contributed by atoms with E-state index in [9.17, 15) is 14.4 Å². The van der Waals surface area contributed by atoms with E-state index in [1.807, 2.05) is 12.1 Å². The quantitative estimate of drug-likeness (QED) is 0.381. The van der Waals surface area contributed by atoms with Gasteiger partial charge in [0.1, 0.15) is 11.8 Å². The Morgan fingerprint density at radius 2 is 1.88 bits per heavy atom. The number of halogens is 1. The minimum absolute atomic E-state index is 0.0381. The van der Waals surface area contributed by atoms with Crippen molar-refractivity contribution in [2.24, 2.45) is 0 Å². The summed E-state index contributed by atoms with van der Waals surface area (Å²) >= 11 is 2.17. The number of imide groups is 1. The van der Waals surface area contributed by atoms with Crippen LogP contribution >= 0.6 is 22.6 Å². The summed E-state index contributed by atoms with van der Waals surface area (Å²) in [7, 11) is 1.54. The van der Waals surface area contributed by atoms with Crippen molar-refractivity contribution in [2.75, 3.05) is 51.4 Å². The third-order valence-corrected chi connectivity index (χ3v) is 6.64. The van der Waals surface area contributed by atoms with Gasteiger partial charge < -0.3 is 14.4 Å². The normalized spacial score (nSPS) is 19.1. The Hall–Kier alpha value is -2.50. The summed E-state index contributed by atoms with van der Waals surface area (Å²) in [6.07, 6.45) is -0.0381. The topological polar surface area (TPSA) is 79.4 Å². The zero-order valence-corrected chi connectivity index (χ0v) is 20.6. The molecule has 1 atom stereocenters. The van der Waals surface area contributed by atoms with Crippen LogP contribution in [0.25, 0.3) is 0 Å². The molecule has 2 aromatic rings. The molecule has 0 N–H and O–H groups in total. The Labute approximate surface area is 206 Å². The number of morpholine rings is 1. The average Bonchev–Trinajstić information content (AvgIpc) is 3.14. The highest BCUT2D eigenvalue weighted by molar-refractivity contribution is 14.1. The van der Waals surface area contributed by atoms with Crippen LogP contribution < -0.4 is 9.64 Å². The van der Waals surface area contributed by atoms with Crippen molar-refractivity contribution in [2.45, 2.75) is 12.5 Å². The first-order valence-corrected chi connectivity index (χ1v) is 11.9. The molecule has 2 saturated heterocycles. The second kappa shape index (κ2) is 10.6. The van der Waals surface area contributed by atoms with Gasteiger partial charge in [-0.15, -0.1) is 0 Å². The summed E-state index contributed by atoms with van der Waals surface area (Å²) in [5.41, 5.74) is 0.944. The molecular weight excluding hydrogens is 537 g/mol. The average molecular weight is 563 g/mol. The summed E-state index contributed by atoms with van der Waals surface area (Å²) < 4.78 is 11.7. The van der Waals surface area contributed by atoms with E-state index in [4.69, 9.17) is 9.47 Å². The van der Waals surface area contributed by atoms with Crippen molar-refractivity contribution in [3.63, 3.8) is 0 Å². The minimum Gasteiger partial charge on any atom is -0.497 e. The summed E-state index contributed by atoms with van der Waals surface area (Å²) in [6.45, 7) is 3.76. The number of carbonyl (C=O) groups excluding carboxylic acids is 3. The molecule has 174 valence electrons. The van der Waals surface area contributed by atoms with Gasteiger partial charge in [-0.3, -0.25) is 19.3 Å². The number of rotatable bonds is 7. The van der Waals surface area contributed by atoms with Crippen molar-refractivity contribution >= 4 is 46.0 Å². The van der Waals surface area contributed by atoms with E-state index in [0.717, 1.165) is 16.7 Å². The molecule has 2 fully saturated rings. The van der Waals surface area contributed by atoms with Gasteiger partial charge in [0.15, 0.2) is 0 Å². The largest absolute Gasteiger partial charge is 0.497 e. The number of hydrogen-bond acceptors (Lipinski definition) is 6. The molecule has 2 heterocycles. The Morgan fingerprint density at radius 3 is 2.58 bits per heavy atom. The van der Waals surface area contributed by atoms with Gasteiger partial charge in [0, 0.05) is 35.3 Å². The molecule has 9 heteroatoms. The molecular formula is C24H26IN3O5. The molecule has 0 aliphatic carbocycles. The SMILES string of the molecule is COc1cccc(C(=O)N(CCN2CCOCC2)C2CC(=O)N(c3ccc(I)cc3)C2=O)c1. The van der Waals surface area contributed by atoms with Gasteiger partial charge in [-0.1, -0.05) is 6.07 Å². The molecule has 2 aromatic carbocycles. The van der Waals surface area contributed by atoms with Crippen molar-refractivity contribution in [3.05, 3.63) is 57.7 Å². The smallest absolute Gasteiger partial charge is 0.257 e. The Kier molecular flexibility index (Phi) is 7.61. The lowest BCUT2D eigenvalue weighted by molar-refractivity contribution is -0.122. The number of ether oxygens (including phenoxy) is 2. The molecule has 1 unspecified atom stereocenters. The van der Waals surface area contributed by atoms with Gasteiger partial charge >= 0.3 is 0 Å². The maximum absolute atomic E-state index is 13.6. The molecule has 33 heavy (non-hydrogen) atoms. The third kappa shape index (κ3) is 5.36. The highest BCUT2D eigenvalue weighted by Gasteiger charge is 2.44. The van der Waals surface area contributed by atoms with E-state index in [1.165, 1.54) is 16.9 Å². The number of methoxy groups -OCH3 is 1. The van der Waals surface area contributed by atoms with Crippen molar-refractivity contribution < 1.29 is 23.9 Å². The van der Waals surface area contributed by atoms with Gasteiger partial charge in [-0.05, 0) is 65.1 Å². The molecule has 3 amide bonds. The molecule has 0 spiro atoms. The third-order valence-electron chi connectivity index (χ3n) is 5.92. The Morgan fingerprint density at radius 1 is 1.15 bits per heavy atom. The van der Waals surface area contributed by atoms with E-state index < -0.39 is 6.04 Å². The number of carbonyl (C=O) groups is 3. The summed E-state index contributed by atoms with van der Waals surface area (Å²) in [5.74, 6) is -0.415. The molecule has 2 aliphatic heterocycles. The van der Waals surface area contributed by atoms with Crippen LogP contribution in [0.3, 0.4) is 0 Å². The van der Waals surface area contributed by atoms with E-state index in [1.54, 1.807) is 36.4 Å². The van der Waals surface area contributed by atoms with Gasteiger partial charge in [0.05, 0.1) is 32.4 Å². The standard InChI is InChI=1S/C24H26IN3O5/c1-32-20-4-2-3-17(15-20)23(30)27(10-9-26-11-13-33-14-12-26)21-16-22(29)28(24(21)31)19-7-5-18(25)6-8-19/h2-8,15,21H,9-14,16H2,1H3. The number of anilines is 1. The van der Waals surface area contributed by atoms with Crippen molar-refractivity contribution in [1.82, 2.24) is 9.80 Å². The number of amides is 3. The van der Waals surface area contributed by atoms with E-state index in [-0.39, 0.29) is 24.1 Å². The lowest BCUT2D eigenvalue weighted by Gasteiger charge is -2.32. The van der Waals surface area contributed by atoms with Gasteiger partial charge in [-0.25, -0.2) is 4.90 Å². The van der Waals surface area contributed by atoms with Crippen molar-refractivity contribution in [3.8, 4) is 5.75 Å². The lowest BCUT2D eigenvalue weighted by Crippen LogP contribution is -2.49. The molecule has 0 bridgehead atoms. The molecule has 0 saturated carbocycles. The van der Waals surface area contributed by atoms with Crippen LogP contribution in [-0.2, 0) is 14.3 Å². The zero-order chi connectivity index (χ0) is 23.4. The van der Waals surface area contributed by atoms with Gasteiger partial charge in [0.25, 0.3) is 11.8 Å². The fourth-order valence-corrected chi connectivity index (χ4v) is 4.48. The number of benzene rings is 2. The first-order valence-electron chi connectivity index (χ1n) is 10.9. The maximum Gasteiger partial charge on any atom is 0.257 e. The highest BCUT2D eigenvalue weighted by Crippen LogP contribution is 2.28. The van der Waals surface area contributed by atoms with Crippen LogP contribution in [0.1, 0.15) is 16.8 Å². The van der Waals surface area contributed by atoms with Gasteiger partial charge in [0.2, 0.25) is 5.91 Å². The Bertz CT molecular complexity index is 1020. The van der Waals surface area contributed by atoms with Crippen LogP contribution in [0.15, 0.2) is 48.5 Å². The van der Waals surface area contributed by atoms with E-state index >= 15 is 0 Å². The Balaban J connectivity index is 1.60. The molecule has 0 aromatic heterocycles. The zero-order valence-electron chi connectivity index (χ0n) is 18.4. The maximum atomic E-state index is 13.6. The van der Waals surface area contributed by atoms with E-state index in [2.05, 4.69) is 27.5 Å². The minimum atomic E-state index is -0.850. The second-order valence-corrected chi connectivity index (χ2v) is 9.19. The molecule has 4 rings (SSSR count). The molecule has 2 aliphatic rings. The summed E-state index contributed by atoms with van der Waals surface area (Å²) in [5, 5.41) is 0. The van der Waals surface area contributed by atoms with Gasteiger partial charge in [-0.2, -0.15) is 0 Å². The number of nitrogens with zero attached hydrogens (tertiary/aromatic N) is 3. The van der Waals surface area contributed by atoms with E-state index in [0.29, 0.717) is 43.3 Å². The fourth-order valence-electron chi connectivity index (χ4n) is 4.12. The fraction of sp³-hybridized carbons (Fsp3) is 0.375. The predicted octanol–water partition coefficient (Wildman–Crippen LogP) is 2.41. The van der Waals surface area contributed by atoms with Crippen LogP contribution in [0.2, 0.25) is 0 Å². The van der Waals surface area contributed by atoms with Crippen LogP contribution in [-0.4, -0.2) is 80.1 Å². The monoisotopic (exact) mass is 563 g/mol. The highest BCUT2D eigenvalue weighted by atomic mass is 127. The summed E-state index contributed by atoms with van der Waals surface area (Å²) in [6, 6.07) is 13.2. The molecule has 0 radical (unpaired) electrons. The first-order chi connectivity index (χ1) is 16.0. The lowest BCUT2D eigenvalue weighted by atomic mass is 10.1. The van der Waals surface area contributed by atoms with Crippen molar-refractivity contribution in [1.29, 1.82) is 0 Å². The molecule has 8 nitrogen and oxygen atoms in total. The van der Waals surface area contributed by atoms with Crippen LogP contribution in [0.5, 0.6) is 5.75 Å². The van der Waals surface area contributed by atoms with Crippen LogP contribution in [0.4, 0.5) is 5.69 Å². The summed E-state index contributed by atoms with van der Waals surface area (Å²) in [4.78, 5) is 44.8. The first kappa shape index (κ1) is 23.7. The predicted molar refractivity (Wildman–Crippen MR) is 131 cm³/mol. The van der Waals surface area contributed by atoms with Crippen LogP contribution in [0, 0.1) is 3.57 Å². The second-order valence-electron chi connectivity index (χ2n) is 7.95. The number of hydrogen-bond donors (Lipinski definition) is 0.